The number of hydrogen-bond donors (Lipinski definition) is 1. The van der Waals surface area contributed by atoms with Crippen molar-refractivity contribution in [3.05, 3.63) is 82.3 Å². The van der Waals surface area contributed by atoms with Gasteiger partial charge in [0.2, 0.25) is 26.6 Å². The van der Waals surface area contributed by atoms with E-state index < -0.39 is 9.84 Å². The molecule has 0 fully saturated rings. The van der Waals surface area contributed by atoms with E-state index in [4.69, 9.17) is 37.1 Å². The average molecular weight is 517 g/mol. The van der Waals surface area contributed by atoms with Gasteiger partial charge >= 0.3 is 0 Å². The second kappa shape index (κ2) is 9.21. The van der Waals surface area contributed by atoms with E-state index in [1.807, 2.05) is 18.2 Å². The van der Waals surface area contributed by atoms with E-state index in [2.05, 4.69) is 10.3 Å². The molecule has 1 aromatic heterocycles. The number of halogens is 2. The van der Waals surface area contributed by atoms with Gasteiger partial charge in [-0.05, 0) is 35.9 Å². The van der Waals surface area contributed by atoms with Crippen LogP contribution in [0.5, 0.6) is 11.5 Å². The van der Waals surface area contributed by atoms with Crippen LogP contribution >= 0.6 is 23.2 Å². The van der Waals surface area contributed by atoms with Gasteiger partial charge in [0.25, 0.3) is 0 Å². The van der Waals surface area contributed by atoms with Gasteiger partial charge in [0.15, 0.2) is 11.5 Å². The number of ether oxygens (including phenoxy) is 2. The van der Waals surface area contributed by atoms with Crippen molar-refractivity contribution < 1.29 is 22.3 Å². The Kier molecular flexibility index (Phi) is 6.12. The molecule has 1 N–H and O–H groups in total. The molecule has 34 heavy (non-hydrogen) atoms. The maximum absolute atomic E-state index is 13.6. The van der Waals surface area contributed by atoms with Crippen molar-refractivity contribution >= 4 is 38.9 Å². The van der Waals surface area contributed by atoms with Crippen molar-refractivity contribution in [1.82, 2.24) is 4.98 Å². The highest BCUT2D eigenvalue weighted by atomic mass is 35.5. The lowest BCUT2D eigenvalue weighted by molar-refractivity contribution is 0.171. The van der Waals surface area contributed by atoms with Gasteiger partial charge in [-0.15, -0.1) is 0 Å². The lowest BCUT2D eigenvalue weighted by Crippen LogP contribution is -2.16. The summed E-state index contributed by atoms with van der Waals surface area (Å²) >= 11 is 12.6. The summed E-state index contributed by atoms with van der Waals surface area (Å²) in [5.41, 5.74) is 1.23. The fourth-order valence-electron chi connectivity index (χ4n) is 3.47. The molecule has 0 bridgehead atoms. The predicted octanol–water partition coefficient (Wildman–Crippen LogP) is 5.86. The van der Waals surface area contributed by atoms with Crippen molar-refractivity contribution in [3.63, 3.8) is 0 Å². The minimum Gasteiger partial charge on any atom is -0.486 e. The zero-order valence-electron chi connectivity index (χ0n) is 17.6. The summed E-state index contributed by atoms with van der Waals surface area (Å²) in [5, 5.41) is 3.67. The number of benzene rings is 3. The Hall–Kier alpha value is -3.20. The van der Waals surface area contributed by atoms with Crippen LogP contribution in [0.15, 0.2) is 81.1 Å². The average Bonchev–Trinajstić information content (AvgIpc) is 3.28. The van der Waals surface area contributed by atoms with Gasteiger partial charge in [-0.2, -0.15) is 4.98 Å². The summed E-state index contributed by atoms with van der Waals surface area (Å²) in [6.07, 6.45) is 0. The Balaban J connectivity index is 1.58. The molecule has 3 aromatic carbocycles. The quantitative estimate of drug-likeness (QED) is 0.342. The van der Waals surface area contributed by atoms with E-state index in [9.17, 15) is 8.42 Å². The molecule has 0 aliphatic carbocycles. The molecule has 1 aliphatic rings. The number of hydrogen-bond acceptors (Lipinski definition) is 7. The van der Waals surface area contributed by atoms with Gasteiger partial charge in [-0.25, -0.2) is 8.42 Å². The van der Waals surface area contributed by atoms with Crippen LogP contribution < -0.4 is 14.8 Å². The van der Waals surface area contributed by atoms with E-state index in [0.29, 0.717) is 40.3 Å². The van der Waals surface area contributed by atoms with Crippen molar-refractivity contribution in [3.8, 4) is 23.0 Å². The number of rotatable bonds is 6. The molecular weight excluding hydrogens is 499 g/mol. The Morgan fingerprint density at radius 2 is 1.59 bits per heavy atom. The first-order valence-electron chi connectivity index (χ1n) is 10.3. The van der Waals surface area contributed by atoms with E-state index in [1.54, 1.807) is 36.4 Å². The SMILES string of the molecule is O=S(=O)(c1ccc2c(c1)OCCO2)c1nc(-c2ccccc2Cl)oc1NCc1ccccc1Cl. The van der Waals surface area contributed by atoms with Crippen LogP contribution in [0.2, 0.25) is 10.0 Å². The van der Waals surface area contributed by atoms with Gasteiger partial charge in [0.1, 0.15) is 13.2 Å². The van der Waals surface area contributed by atoms with Crippen molar-refractivity contribution in [2.24, 2.45) is 0 Å². The predicted molar refractivity (Wildman–Crippen MR) is 129 cm³/mol. The molecule has 0 atom stereocenters. The van der Waals surface area contributed by atoms with Crippen molar-refractivity contribution in [2.75, 3.05) is 18.5 Å². The van der Waals surface area contributed by atoms with E-state index in [1.165, 1.54) is 12.1 Å². The van der Waals surface area contributed by atoms with E-state index in [-0.39, 0.29) is 28.2 Å². The number of nitrogens with zero attached hydrogens (tertiary/aromatic N) is 1. The topological polar surface area (TPSA) is 90.7 Å². The van der Waals surface area contributed by atoms with Gasteiger partial charge in [-0.1, -0.05) is 53.5 Å². The lowest BCUT2D eigenvalue weighted by atomic mass is 10.2. The van der Waals surface area contributed by atoms with Crippen molar-refractivity contribution in [1.29, 1.82) is 0 Å². The molecule has 4 aromatic rings. The molecule has 10 heteroatoms. The maximum atomic E-state index is 13.6. The molecule has 0 unspecified atom stereocenters. The first-order chi connectivity index (χ1) is 16.4. The molecule has 0 radical (unpaired) electrons. The summed E-state index contributed by atoms with van der Waals surface area (Å²) in [5.74, 6) is 0.889. The zero-order valence-corrected chi connectivity index (χ0v) is 20.0. The molecule has 0 spiro atoms. The molecule has 1 aliphatic heterocycles. The lowest BCUT2D eigenvalue weighted by Gasteiger charge is -2.18. The van der Waals surface area contributed by atoms with Gasteiger partial charge < -0.3 is 19.2 Å². The van der Waals surface area contributed by atoms with E-state index in [0.717, 1.165) is 5.56 Å². The standard InChI is InChI=1S/C24H18Cl2N2O5S/c25-18-7-3-1-5-15(18)14-27-23-24(28-22(33-23)17-6-2-4-8-19(17)26)34(29,30)16-9-10-20-21(13-16)32-12-11-31-20/h1-10,13,27H,11-12,14H2. The third-order valence-corrected chi connectivity index (χ3v) is 7.53. The number of aromatic nitrogens is 1. The number of sulfone groups is 1. The highest BCUT2D eigenvalue weighted by Gasteiger charge is 2.30. The van der Waals surface area contributed by atoms with Crippen LogP contribution in [-0.4, -0.2) is 26.6 Å². The third-order valence-electron chi connectivity index (χ3n) is 5.18. The van der Waals surface area contributed by atoms with Crippen LogP contribution in [0.1, 0.15) is 5.56 Å². The maximum Gasteiger partial charge on any atom is 0.234 e. The molecular formula is C24H18Cl2N2O5S. The largest absolute Gasteiger partial charge is 0.486 e. The first kappa shape index (κ1) is 22.6. The number of nitrogens with one attached hydrogen (secondary N) is 1. The Morgan fingerprint density at radius 3 is 2.35 bits per heavy atom. The Bertz CT molecular complexity index is 1470. The highest BCUT2D eigenvalue weighted by molar-refractivity contribution is 7.91. The smallest absolute Gasteiger partial charge is 0.234 e. The van der Waals surface area contributed by atoms with Crippen molar-refractivity contribution in [2.45, 2.75) is 16.5 Å². The monoisotopic (exact) mass is 516 g/mol. The zero-order chi connectivity index (χ0) is 23.7. The first-order valence-corrected chi connectivity index (χ1v) is 12.5. The normalized spacial score (nSPS) is 13.0. The molecule has 0 saturated heterocycles. The van der Waals surface area contributed by atoms with Crippen LogP contribution in [0.4, 0.5) is 5.88 Å². The number of anilines is 1. The second-order valence-electron chi connectivity index (χ2n) is 7.39. The van der Waals surface area contributed by atoms with Gasteiger partial charge in [0.05, 0.1) is 15.5 Å². The highest BCUT2D eigenvalue weighted by Crippen LogP contribution is 2.38. The summed E-state index contributed by atoms with van der Waals surface area (Å²) in [6.45, 7) is 0.960. The summed E-state index contributed by atoms with van der Waals surface area (Å²) in [7, 11) is -4.10. The van der Waals surface area contributed by atoms with Crippen LogP contribution in [0.3, 0.4) is 0 Å². The van der Waals surface area contributed by atoms with E-state index >= 15 is 0 Å². The van der Waals surface area contributed by atoms with Crippen LogP contribution in [-0.2, 0) is 16.4 Å². The molecule has 0 saturated carbocycles. The fraction of sp³-hybridized carbons (Fsp3) is 0.125. The fourth-order valence-corrected chi connectivity index (χ4v) is 5.18. The third kappa shape index (κ3) is 4.32. The summed E-state index contributed by atoms with van der Waals surface area (Å²) in [4.78, 5) is 4.33. The Labute approximate surface area is 206 Å². The molecule has 174 valence electrons. The Morgan fingerprint density at radius 1 is 0.882 bits per heavy atom. The molecule has 7 nitrogen and oxygen atoms in total. The van der Waals surface area contributed by atoms with Gasteiger partial charge in [0, 0.05) is 17.6 Å². The van der Waals surface area contributed by atoms with Crippen LogP contribution in [0.25, 0.3) is 11.5 Å². The summed E-state index contributed by atoms with van der Waals surface area (Å²) in [6, 6.07) is 18.6. The number of oxazole rings is 1. The molecule has 2 heterocycles. The minimum atomic E-state index is -4.10. The minimum absolute atomic E-state index is 0.00319. The van der Waals surface area contributed by atoms with Crippen LogP contribution in [0, 0.1) is 0 Å². The molecule has 0 amide bonds. The number of fused-ring (bicyclic) bond motifs is 1. The van der Waals surface area contributed by atoms with Gasteiger partial charge in [-0.3, -0.25) is 0 Å². The summed E-state index contributed by atoms with van der Waals surface area (Å²) < 4.78 is 44.2. The second-order valence-corrected chi connectivity index (χ2v) is 10.1. The molecule has 5 rings (SSSR count).